The lowest BCUT2D eigenvalue weighted by Gasteiger charge is -2.09. The summed E-state index contributed by atoms with van der Waals surface area (Å²) in [6.45, 7) is 4.24. The van der Waals surface area contributed by atoms with Crippen molar-refractivity contribution >= 4 is 11.6 Å². The van der Waals surface area contributed by atoms with Crippen LogP contribution in [0.5, 0.6) is 11.5 Å². The molecular weight excluding hydrogens is 330 g/mol. The Morgan fingerprint density at radius 1 is 1.00 bits per heavy atom. The maximum atomic E-state index is 12.3. The fourth-order valence-electron chi connectivity index (χ4n) is 2.48. The smallest absolute Gasteiger partial charge is 0.291 e. The summed E-state index contributed by atoms with van der Waals surface area (Å²) < 4.78 is 16.5. The first-order valence-corrected chi connectivity index (χ1v) is 8.30. The van der Waals surface area contributed by atoms with Gasteiger partial charge < -0.3 is 19.2 Å². The van der Waals surface area contributed by atoms with Gasteiger partial charge >= 0.3 is 0 Å². The number of rotatable bonds is 6. The molecule has 5 heteroatoms. The zero-order chi connectivity index (χ0) is 18.5. The summed E-state index contributed by atoms with van der Waals surface area (Å²) in [5.74, 6) is 1.76. The number of hydrogen-bond acceptors (Lipinski definition) is 4. The molecule has 0 saturated carbocycles. The van der Waals surface area contributed by atoms with Crippen LogP contribution in [0.2, 0.25) is 0 Å². The SMILES string of the molecule is COc1ccccc1OCc1ccc(C(=O)Nc2ccc(C)c(C)c2)o1. The van der Waals surface area contributed by atoms with Crippen molar-refractivity contribution in [2.45, 2.75) is 20.5 Å². The lowest BCUT2D eigenvalue weighted by molar-refractivity contribution is 0.0992. The van der Waals surface area contributed by atoms with Crippen molar-refractivity contribution in [3.63, 3.8) is 0 Å². The molecule has 1 N–H and O–H groups in total. The summed E-state index contributed by atoms with van der Waals surface area (Å²) in [4.78, 5) is 12.3. The van der Waals surface area contributed by atoms with Crippen LogP contribution >= 0.6 is 0 Å². The summed E-state index contributed by atoms with van der Waals surface area (Å²) in [7, 11) is 1.59. The maximum Gasteiger partial charge on any atom is 0.291 e. The Morgan fingerprint density at radius 3 is 2.50 bits per heavy atom. The highest BCUT2D eigenvalue weighted by atomic mass is 16.5. The molecule has 0 radical (unpaired) electrons. The van der Waals surface area contributed by atoms with Crippen LogP contribution in [0.1, 0.15) is 27.4 Å². The highest BCUT2D eigenvalue weighted by Gasteiger charge is 2.13. The molecule has 1 amide bonds. The third-order valence-corrected chi connectivity index (χ3v) is 4.09. The van der Waals surface area contributed by atoms with Gasteiger partial charge in [0.1, 0.15) is 12.4 Å². The molecule has 134 valence electrons. The monoisotopic (exact) mass is 351 g/mol. The maximum absolute atomic E-state index is 12.3. The summed E-state index contributed by atoms with van der Waals surface area (Å²) in [5, 5.41) is 2.84. The number of nitrogens with one attached hydrogen (secondary N) is 1. The number of methoxy groups -OCH3 is 1. The number of amides is 1. The Hall–Kier alpha value is -3.21. The molecule has 0 fully saturated rings. The fourth-order valence-corrected chi connectivity index (χ4v) is 2.48. The number of carbonyl (C=O) groups is 1. The van der Waals surface area contributed by atoms with E-state index < -0.39 is 0 Å². The van der Waals surface area contributed by atoms with Crippen molar-refractivity contribution in [3.05, 3.63) is 77.2 Å². The third-order valence-electron chi connectivity index (χ3n) is 4.09. The first-order chi connectivity index (χ1) is 12.6. The number of carbonyl (C=O) groups excluding carboxylic acids is 1. The summed E-state index contributed by atoms with van der Waals surface area (Å²) in [5.41, 5.74) is 3.03. The molecule has 26 heavy (non-hydrogen) atoms. The van der Waals surface area contributed by atoms with Gasteiger partial charge in [-0.25, -0.2) is 0 Å². The van der Waals surface area contributed by atoms with E-state index in [1.807, 2.05) is 56.3 Å². The number of ether oxygens (including phenoxy) is 2. The van der Waals surface area contributed by atoms with Gasteiger partial charge in [-0.15, -0.1) is 0 Å². The Labute approximate surface area is 152 Å². The summed E-state index contributed by atoms with van der Waals surface area (Å²) in [6.07, 6.45) is 0. The summed E-state index contributed by atoms with van der Waals surface area (Å²) >= 11 is 0. The number of aryl methyl sites for hydroxylation is 2. The zero-order valence-corrected chi connectivity index (χ0v) is 15.0. The van der Waals surface area contributed by atoms with Gasteiger partial charge in [0.2, 0.25) is 0 Å². The standard InChI is InChI=1S/C21H21NO4/c1-14-8-9-16(12-15(14)2)22-21(23)20-11-10-17(26-20)13-25-19-7-5-4-6-18(19)24-3/h4-12H,13H2,1-3H3,(H,22,23). The lowest BCUT2D eigenvalue weighted by atomic mass is 10.1. The number of anilines is 1. The quantitative estimate of drug-likeness (QED) is 0.697. The third kappa shape index (κ3) is 4.06. The van der Waals surface area contributed by atoms with E-state index in [0.717, 1.165) is 11.3 Å². The largest absolute Gasteiger partial charge is 0.493 e. The van der Waals surface area contributed by atoms with Crippen molar-refractivity contribution in [3.8, 4) is 11.5 Å². The van der Waals surface area contributed by atoms with E-state index in [2.05, 4.69) is 5.32 Å². The van der Waals surface area contributed by atoms with Crippen LogP contribution in [0.4, 0.5) is 5.69 Å². The first kappa shape index (κ1) is 17.6. The zero-order valence-electron chi connectivity index (χ0n) is 15.0. The Morgan fingerprint density at radius 2 is 1.77 bits per heavy atom. The molecule has 3 rings (SSSR count). The molecule has 1 aromatic heterocycles. The molecule has 0 unspecified atom stereocenters. The second-order valence-corrected chi connectivity index (χ2v) is 5.96. The molecule has 0 spiro atoms. The molecule has 5 nitrogen and oxygen atoms in total. The molecular formula is C21H21NO4. The normalized spacial score (nSPS) is 10.4. The van der Waals surface area contributed by atoms with Crippen molar-refractivity contribution < 1.29 is 18.7 Å². The fraction of sp³-hybridized carbons (Fsp3) is 0.190. The minimum Gasteiger partial charge on any atom is -0.493 e. The number of furan rings is 1. The predicted octanol–water partition coefficient (Wildman–Crippen LogP) is 4.74. The van der Waals surface area contributed by atoms with Gasteiger partial charge in [-0.05, 0) is 61.4 Å². The van der Waals surface area contributed by atoms with E-state index in [9.17, 15) is 4.79 Å². The van der Waals surface area contributed by atoms with Crippen LogP contribution in [-0.4, -0.2) is 13.0 Å². The van der Waals surface area contributed by atoms with Crippen LogP contribution < -0.4 is 14.8 Å². The molecule has 0 aliphatic rings. The van der Waals surface area contributed by atoms with E-state index in [1.165, 1.54) is 5.56 Å². The molecule has 0 aliphatic heterocycles. The lowest BCUT2D eigenvalue weighted by Crippen LogP contribution is -2.11. The molecule has 0 aliphatic carbocycles. The van der Waals surface area contributed by atoms with E-state index in [-0.39, 0.29) is 18.3 Å². The van der Waals surface area contributed by atoms with E-state index in [4.69, 9.17) is 13.9 Å². The highest BCUT2D eigenvalue weighted by Crippen LogP contribution is 2.27. The van der Waals surface area contributed by atoms with Crippen molar-refractivity contribution in [1.29, 1.82) is 0 Å². The molecule has 0 bridgehead atoms. The van der Waals surface area contributed by atoms with Crippen LogP contribution in [0, 0.1) is 13.8 Å². The second-order valence-electron chi connectivity index (χ2n) is 5.96. The minimum absolute atomic E-state index is 0.206. The average molecular weight is 351 g/mol. The van der Waals surface area contributed by atoms with Gasteiger partial charge in [0.25, 0.3) is 5.91 Å². The second kappa shape index (κ2) is 7.78. The number of benzene rings is 2. The Bertz CT molecular complexity index is 914. The van der Waals surface area contributed by atoms with Crippen molar-refractivity contribution in [2.24, 2.45) is 0 Å². The predicted molar refractivity (Wildman–Crippen MR) is 99.9 cm³/mol. The van der Waals surface area contributed by atoms with Crippen molar-refractivity contribution in [2.75, 3.05) is 12.4 Å². The van der Waals surface area contributed by atoms with Gasteiger partial charge in [0.05, 0.1) is 7.11 Å². The van der Waals surface area contributed by atoms with Gasteiger partial charge in [-0.3, -0.25) is 4.79 Å². The average Bonchev–Trinajstić information content (AvgIpc) is 3.12. The molecule has 0 atom stereocenters. The van der Waals surface area contributed by atoms with Crippen LogP contribution in [0.15, 0.2) is 59.0 Å². The van der Waals surface area contributed by atoms with E-state index in [1.54, 1.807) is 19.2 Å². The number of para-hydroxylation sites is 2. The van der Waals surface area contributed by atoms with E-state index in [0.29, 0.717) is 17.3 Å². The van der Waals surface area contributed by atoms with Gasteiger partial charge in [-0.1, -0.05) is 18.2 Å². The molecule has 1 heterocycles. The summed E-state index contributed by atoms with van der Waals surface area (Å²) in [6, 6.07) is 16.5. The van der Waals surface area contributed by atoms with Gasteiger partial charge in [-0.2, -0.15) is 0 Å². The van der Waals surface area contributed by atoms with Crippen molar-refractivity contribution in [1.82, 2.24) is 0 Å². The highest BCUT2D eigenvalue weighted by molar-refractivity contribution is 6.02. The van der Waals surface area contributed by atoms with Crippen LogP contribution in [0.3, 0.4) is 0 Å². The molecule has 0 saturated heterocycles. The van der Waals surface area contributed by atoms with Gasteiger partial charge in [0, 0.05) is 5.69 Å². The molecule has 2 aromatic carbocycles. The number of hydrogen-bond donors (Lipinski definition) is 1. The van der Waals surface area contributed by atoms with Gasteiger partial charge in [0.15, 0.2) is 17.3 Å². The Kier molecular flexibility index (Phi) is 5.27. The van der Waals surface area contributed by atoms with Crippen LogP contribution in [-0.2, 0) is 6.61 Å². The van der Waals surface area contributed by atoms with E-state index >= 15 is 0 Å². The van der Waals surface area contributed by atoms with Crippen LogP contribution in [0.25, 0.3) is 0 Å². The first-order valence-electron chi connectivity index (χ1n) is 8.30. The topological polar surface area (TPSA) is 60.7 Å². The minimum atomic E-state index is -0.295. The Balaban J connectivity index is 1.63. The molecule has 3 aromatic rings.